The lowest BCUT2D eigenvalue weighted by molar-refractivity contribution is -0.119. The summed E-state index contributed by atoms with van der Waals surface area (Å²) < 4.78 is 0. The fraction of sp³-hybridized carbons (Fsp3) is 0.364. The van der Waals surface area contributed by atoms with Crippen molar-refractivity contribution in [3.8, 4) is 0 Å². The summed E-state index contributed by atoms with van der Waals surface area (Å²) in [5.41, 5.74) is 6.78. The molecule has 0 fully saturated rings. The zero-order chi connectivity index (χ0) is 12.3. The van der Waals surface area contributed by atoms with Gasteiger partial charge in [0.1, 0.15) is 0 Å². The van der Waals surface area contributed by atoms with Gasteiger partial charge in [0.05, 0.1) is 17.4 Å². The van der Waals surface area contributed by atoms with Crippen LogP contribution in [0.1, 0.15) is 6.92 Å². The Hall–Kier alpha value is -1.26. The van der Waals surface area contributed by atoms with Crippen molar-refractivity contribution in [2.24, 2.45) is 0 Å². The highest BCUT2D eigenvalue weighted by Gasteiger charge is 2.15. The van der Waals surface area contributed by atoms with Crippen LogP contribution in [-0.4, -0.2) is 30.9 Å². The Labute approximate surface area is 100 Å². The summed E-state index contributed by atoms with van der Waals surface area (Å²) in [7, 11) is 3.68. The molecule has 1 atom stereocenters. The van der Waals surface area contributed by atoms with Crippen LogP contribution < -0.4 is 11.1 Å². The molecule has 0 bridgehead atoms. The molecule has 3 N–H and O–H groups in total. The molecule has 0 aliphatic rings. The Balaban J connectivity index is 2.80. The van der Waals surface area contributed by atoms with E-state index >= 15 is 0 Å². The highest BCUT2D eigenvalue weighted by molar-refractivity contribution is 6.31. The van der Waals surface area contributed by atoms with Crippen LogP contribution in [0, 0.1) is 0 Å². The smallest absolute Gasteiger partial charge is 0.241 e. The van der Waals surface area contributed by atoms with Crippen molar-refractivity contribution in [2.45, 2.75) is 13.0 Å². The number of nitrogens with two attached hydrogens (primary N) is 1. The molecule has 1 aromatic rings. The minimum Gasteiger partial charge on any atom is -0.397 e. The van der Waals surface area contributed by atoms with Crippen molar-refractivity contribution < 1.29 is 4.79 Å². The number of carbonyl (C=O) groups is 1. The predicted molar refractivity (Wildman–Crippen MR) is 67.6 cm³/mol. The van der Waals surface area contributed by atoms with Crippen molar-refractivity contribution in [1.29, 1.82) is 0 Å². The lowest BCUT2D eigenvalue weighted by Crippen LogP contribution is -2.37. The van der Waals surface area contributed by atoms with Crippen LogP contribution in [0.3, 0.4) is 0 Å². The van der Waals surface area contributed by atoms with Crippen LogP contribution in [0.4, 0.5) is 11.4 Å². The molecular weight excluding hydrogens is 226 g/mol. The largest absolute Gasteiger partial charge is 0.397 e. The molecule has 16 heavy (non-hydrogen) atoms. The molecule has 0 aromatic heterocycles. The predicted octanol–water partition coefficient (Wildman–Crippen LogP) is 1.81. The number of likely N-dealkylation sites (N-methyl/N-ethyl adjacent to an activating group) is 1. The van der Waals surface area contributed by atoms with Crippen LogP contribution in [0.25, 0.3) is 0 Å². The van der Waals surface area contributed by atoms with Gasteiger partial charge in [-0.2, -0.15) is 0 Å². The van der Waals surface area contributed by atoms with E-state index in [0.29, 0.717) is 16.4 Å². The molecule has 0 spiro atoms. The second-order valence-electron chi connectivity index (χ2n) is 3.86. The molecule has 1 rings (SSSR count). The van der Waals surface area contributed by atoms with Crippen LogP contribution in [-0.2, 0) is 4.79 Å². The van der Waals surface area contributed by atoms with Crippen molar-refractivity contribution in [2.75, 3.05) is 25.1 Å². The van der Waals surface area contributed by atoms with Gasteiger partial charge < -0.3 is 11.1 Å². The van der Waals surface area contributed by atoms with Gasteiger partial charge in [-0.15, -0.1) is 0 Å². The maximum absolute atomic E-state index is 11.8. The molecular formula is C11H16ClN3O. The van der Waals surface area contributed by atoms with E-state index < -0.39 is 0 Å². The van der Waals surface area contributed by atoms with Crippen molar-refractivity contribution in [1.82, 2.24) is 4.90 Å². The molecule has 4 nitrogen and oxygen atoms in total. The number of benzene rings is 1. The highest BCUT2D eigenvalue weighted by Crippen LogP contribution is 2.23. The number of halogens is 1. The SMILES string of the molecule is CC(C(=O)Nc1cc(Cl)ccc1N)N(C)C. The van der Waals surface area contributed by atoms with E-state index in [1.165, 1.54) is 0 Å². The summed E-state index contributed by atoms with van der Waals surface area (Å²) >= 11 is 5.83. The fourth-order valence-corrected chi connectivity index (χ4v) is 1.28. The maximum Gasteiger partial charge on any atom is 0.241 e. The molecule has 0 radical (unpaired) electrons. The Morgan fingerprint density at radius 1 is 1.50 bits per heavy atom. The van der Waals surface area contributed by atoms with Gasteiger partial charge in [-0.05, 0) is 39.2 Å². The van der Waals surface area contributed by atoms with E-state index in [-0.39, 0.29) is 11.9 Å². The van der Waals surface area contributed by atoms with Gasteiger partial charge in [-0.3, -0.25) is 9.69 Å². The van der Waals surface area contributed by atoms with E-state index in [2.05, 4.69) is 5.32 Å². The lowest BCUT2D eigenvalue weighted by atomic mass is 10.2. The second kappa shape index (κ2) is 5.18. The number of nitrogens with one attached hydrogen (secondary N) is 1. The molecule has 1 aromatic carbocycles. The monoisotopic (exact) mass is 241 g/mol. The standard InChI is InChI=1S/C11H16ClN3O/c1-7(15(2)3)11(16)14-10-6-8(12)4-5-9(10)13/h4-7H,13H2,1-3H3,(H,14,16). The molecule has 1 unspecified atom stereocenters. The Bertz CT molecular complexity index is 393. The third-order valence-electron chi connectivity index (χ3n) is 2.43. The Kier molecular flexibility index (Phi) is 4.15. The van der Waals surface area contributed by atoms with Gasteiger partial charge in [-0.25, -0.2) is 0 Å². The first-order valence-corrected chi connectivity index (χ1v) is 5.32. The summed E-state index contributed by atoms with van der Waals surface area (Å²) in [6, 6.07) is 4.76. The minimum atomic E-state index is -0.224. The third-order valence-corrected chi connectivity index (χ3v) is 2.66. The first-order valence-electron chi connectivity index (χ1n) is 4.94. The molecule has 0 saturated carbocycles. The van der Waals surface area contributed by atoms with Crippen molar-refractivity contribution in [3.05, 3.63) is 23.2 Å². The molecule has 1 amide bonds. The molecule has 88 valence electrons. The normalized spacial score (nSPS) is 12.6. The summed E-state index contributed by atoms with van der Waals surface area (Å²) in [5.74, 6) is -0.112. The fourth-order valence-electron chi connectivity index (χ4n) is 1.11. The first-order chi connectivity index (χ1) is 7.41. The van der Waals surface area contributed by atoms with Gasteiger partial charge in [0.25, 0.3) is 0 Å². The summed E-state index contributed by atoms with van der Waals surface area (Å²) in [4.78, 5) is 13.6. The Morgan fingerprint density at radius 2 is 2.12 bits per heavy atom. The second-order valence-corrected chi connectivity index (χ2v) is 4.30. The highest BCUT2D eigenvalue weighted by atomic mass is 35.5. The number of hydrogen-bond donors (Lipinski definition) is 2. The summed E-state index contributed by atoms with van der Waals surface area (Å²) in [6.07, 6.45) is 0. The topological polar surface area (TPSA) is 58.4 Å². The zero-order valence-corrected chi connectivity index (χ0v) is 10.4. The molecule has 5 heteroatoms. The summed E-state index contributed by atoms with van der Waals surface area (Å²) in [5, 5.41) is 3.29. The Morgan fingerprint density at radius 3 is 2.69 bits per heavy atom. The number of rotatable bonds is 3. The molecule has 0 saturated heterocycles. The van der Waals surface area contributed by atoms with Crippen molar-refractivity contribution in [3.63, 3.8) is 0 Å². The number of amides is 1. The molecule has 0 aliphatic carbocycles. The van der Waals surface area contributed by atoms with Gasteiger partial charge in [0.2, 0.25) is 5.91 Å². The van der Waals surface area contributed by atoms with E-state index in [9.17, 15) is 4.79 Å². The van der Waals surface area contributed by atoms with Crippen LogP contribution in [0.2, 0.25) is 5.02 Å². The van der Waals surface area contributed by atoms with E-state index in [0.717, 1.165) is 0 Å². The van der Waals surface area contributed by atoms with Crippen LogP contribution in [0.5, 0.6) is 0 Å². The molecule has 0 aliphatic heterocycles. The number of carbonyl (C=O) groups excluding carboxylic acids is 1. The van der Waals surface area contributed by atoms with Gasteiger partial charge in [0.15, 0.2) is 0 Å². The molecule has 0 heterocycles. The van der Waals surface area contributed by atoms with E-state index in [1.807, 2.05) is 25.9 Å². The van der Waals surface area contributed by atoms with E-state index in [4.69, 9.17) is 17.3 Å². The average molecular weight is 242 g/mol. The van der Waals surface area contributed by atoms with Gasteiger partial charge in [-0.1, -0.05) is 11.6 Å². The number of nitrogen functional groups attached to an aromatic ring is 1. The van der Waals surface area contributed by atoms with Crippen molar-refractivity contribution >= 4 is 28.9 Å². The van der Waals surface area contributed by atoms with Crippen LogP contribution >= 0.6 is 11.6 Å². The quantitative estimate of drug-likeness (QED) is 0.794. The third kappa shape index (κ3) is 3.12. The van der Waals surface area contributed by atoms with E-state index in [1.54, 1.807) is 18.2 Å². The number of nitrogens with zero attached hydrogens (tertiary/aromatic N) is 1. The number of anilines is 2. The lowest BCUT2D eigenvalue weighted by Gasteiger charge is -2.19. The maximum atomic E-state index is 11.8. The zero-order valence-electron chi connectivity index (χ0n) is 9.62. The average Bonchev–Trinajstić information content (AvgIpc) is 2.22. The summed E-state index contributed by atoms with van der Waals surface area (Å²) in [6.45, 7) is 1.82. The minimum absolute atomic E-state index is 0.112. The van der Waals surface area contributed by atoms with Gasteiger partial charge in [0, 0.05) is 5.02 Å². The van der Waals surface area contributed by atoms with Gasteiger partial charge >= 0.3 is 0 Å². The van der Waals surface area contributed by atoms with Crippen LogP contribution in [0.15, 0.2) is 18.2 Å². The first kappa shape index (κ1) is 12.8. The number of hydrogen-bond acceptors (Lipinski definition) is 3.